The van der Waals surface area contributed by atoms with Crippen molar-refractivity contribution in [1.82, 2.24) is 4.98 Å². The van der Waals surface area contributed by atoms with Crippen molar-refractivity contribution in [2.24, 2.45) is 0 Å². The molecule has 0 aliphatic carbocycles. The molecule has 0 amide bonds. The van der Waals surface area contributed by atoms with Crippen LogP contribution in [0.2, 0.25) is 0 Å². The summed E-state index contributed by atoms with van der Waals surface area (Å²) in [6.45, 7) is 4.75. The Bertz CT molecular complexity index is 599. The highest BCUT2D eigenvalue weighted by molar-refractivity contribution is 5.32. The van der Waals surface area contributed by atoms with Crippen molar-refractivity contribution in [3.05, 3.63) is 59.4 Å². The smallest absolute Gasteiger partial charge is 0.147 e. The van der Waals surface area contributed by atoms with E-state index in [4.69, 9.17) is 10.00 Å². The van der Waals surface area contributed by atoms with Crippen molar-refractivity contribution >= 4 is 0 Å². The molecule has 0 aliphatic rings. The predicted octanol–water partition coefficient (Wildman–Crippen LogP) is 4.05. The van der Waals surface area contributed by atoms with Crippen LogP contribution in [0.1, 0.15) is 43.0 Å². The second-order valence-electron chi connectivity index (χ2n) is 4.79. The molecule has 2 aromatic rings. The molecular formula is C17H18N2O. The average molecular weight is 266 g/mol. The highest BCUT2D eigenvalue weighted by atomic mass is 16.5. The fraction of sp³-hybridized carbons (Fsp3) is 0.294. The first-order valence-corrected chi connectivity index (χ1v) is 6.81. The van der Waals surface area contributed by atoms with Crippen LogP contribution in [0.3, 0.4) is 0 Å². The van der Waals surface area contributed by atoms with E-state index in [2.05, 4.69) is 37.0 Å². The van der Waals surface area contributed by atoms with Gasteiger partial charge in [0.15, 0.2) is 0 Å². The number of hydrogen-bond donors (Lipinski definition) is 0. The molecule has 0 fully saturated rings. The van der Waals surface area contributed by atoms with E-state index in [-0.39, 0.29) is 0 Å². The lowest BCUT2D eigenvalue weighted by molar-refractivity contribution is 0.305. The van der Waals surface area contributed by atoms with Crippen molar-refractivity contribution in [1.29, 1.82) is 5.26 Å². The lowest BCUT2D eigenvalue weighted by Crippen LogP contribution is -2.00. The maximum atomic E-state index is 8.97. The highest BCUT2D eigenvalue weighted by Crippen LogP contribution is 2.22. The molecule has 0 N–H and O–H groups in total. The normalized spacial score (nSPS) is 11.7. The van der Waals surface area contributed by atoms with Crippen LogP contribution < -0.4 is 4.74 Å². The van der Waals surface area contributed by atoms with Crippen LogP contribution in [-0.2, 0) is 6.61 Å². The van der Waals surface area contributed by atoms with Gasteiger partial charge in [0.2, 0.25) is 0 Å². The van der Waals surface area contributed by atoms with Gasteiger partial charge in [-0.25, -0.2) is 4.98 Å². The van der Waals surface area contributed by atoms with Crippen LogP contribution in [-0.4, -0.2) is 4.98 Å². The van der Waals surface area contributed by atoms with Gasteiger partial charge in [-0.05, 0) is 36.1 Å². The van der Waals surface area contributed by atoms with E-state index in [1.54, 1.807) is 6.20 Å². The zero-order valence-corrected chi connectivity index (χ0v) is 11.8. The first kappa shape index (κ1) is 14.1. The molecule has 20 heavy (non-hydrogen) atoms. The first-order valence-electron chi connectivity index (χ1n) is 6.81. The van der Waals surface area contributed by atoms with Gasteiger partial charge in [-0.15, -0.1) is 0 Å². The van der Waals surface area contributed by atoms with Crippen molar-refractivity contribution in [2.75, 3.05) is 0 Å². The van der Waals surface area contributed by atoms with Gasteiger partial charge in [0, 0.05) is 11.8 Å². The fourth-order valence-corrected chi connectivity index (χ4v) is 1.95. The summed E-state index contributed by atoms with van der Waals surface area (Å²) in [5.41, 5.74) is 2.55. The molecule has 1 heterocycles. The Hall–Kier alpha value is -2.34. The van der Waals surface area contributed by atoms with Crippen LogP contribution in [0, 0.1) is 11.3 Å². The first-order chi connectivity index (χ1) is 9.74. The van der Waals surface area contributed by atoms with Gasteiger partial charge in [0.25, 0.3) is 0 Å². The molecule has 0 radical (unpaired) electrons. The molecule has 1 aromatic heterocycles. The third-order valence-corrected chi connectivity index (χ3v) is 3.45. The van der Waals surface area contributed by atoms with E-state index >= 15 is 0 Å². The molecule has 1 aromatic carbocycles. The van der Waals surface area contributed by atoms with Gasteiger partial charge in [-0.2, -0.15) is 5.26 Å². The van der Waals surface area contributed by atoms with Crippen LogP contribution in [0.4, 0.5) is 0 Å². The lowest BCUT2D eigenvalue weighted by atomic mass is 9.99. The van der Waals surface area contributed by atoms with Crippen LogP contribution in [0.5, 0.6) is 5.75 Å². The summed E-state index contributed by atoms with van der Waals surface area (Å²) in [7, 11) is 0. The minimum Gasteiger partial charge on any atom is -0.489 e. The van der Waals surface area contributed by atoms with E-state index in [9.17, 15) is 0 Å². The summed E-state index contributed by atoms with van der Waals surface area (Å²) in [6, 6.07) is 13.9. The summed E-state index contributed by atoms with van der Waals surface area (Å²) in [6.07, 6.45) is 2.74. The SMILES string of the molecule is CCC(C)c1ccc(OCc2cccnc2C#N)cc1. The Morgan fingerprint density at radius 1 is 1.25 bits per heavy atom. The van der Waals surface area contributed by atoms with Crippen LogP contribution in [0.15, 0.2) is 42.6 Å². The lowest BCUT2D eigenvalue weighted by Gasteiger charge is -2.11. The summed E-state index contributed by atoms with van der Waals surface area (Å²) in [5.74, 6) is 1.37. The predicted molar refractivity (Wildman–Crippen MR) is 78.4 cm³/mol. The van der Waals surface area contributed by atoms with E-state index in [1.165, 1.54) is 5.56 Å². The average Bonchev–Trinajstić information content (AvgIpc) is 2.53. The number of nitrogens with zero attached hydrogens (tertiary/aromatic N) is 2. The molecule has 2 rings (SSSR count). The molecule has 0 spiro atoms. The Balaban J connectivity index is 2.03. The molecule has 0 bridgehead atoms. The summed E-state index contributed by atoms with van der Waals surface area (Å²) in [5, 5.41) is 8.97. The Morgan fingerprint density at radius 3 is 2.65 bits per heavy atom. The van der Waals surface area contributed by atoms with Gasteiger partial charge < -0.3 is 4.74 Å². The molecule has 102 valence electrons. The number of ether oxygens (including phenoxy) is 1. The summed E-state index contributed by atoms with van der Waals surface area (Å²) in [4.78, 5) is 4.02. The van der Waals surface area contributed by atoms with Crippen molar-refractivity contribution in [3.8, 4) is 11.8 Å². The Morgan fingerprint density at radius 2 is 2.00 bits per heavy atom. The quantitative estimate of drug-likeness (QED) is 0.820. The van der Waals surface area contributed by atoms with Crippen molar-refractivity contribution in [2.45, 2.75) is 32.8 Å². The molecule has 0 saturated heterocycles. The standard InChI is InChI=1S/C17H18N2O/c1-3-13(2)14-6-8-16(9-7-14)20-12-15-5-4-10-19-17(15)11-18/h4-10,13H,3,12H2,1-2H3. The third-order valence-electron chi connectivity index (χ3n) is 3.45. The number of benzene rings is 1. The van der Waals surface area contributed by atoms with Gasteiger partial charge in [0.05, 0.1) is 0 Å². The second-order valence-corrected chi connectivity index (χ2v) is 4.79. The topological polar surface area (TPSA) is 45.9 Å². The van der Waals surface area contributed by atoms with Gasteiger partial charge in [-0.3, -0.25) is 0 Å². The van der Waals surface area contributed by atoms with Crippen molar-refractivity contribution in [3.63, 3.8) is 0 Å². The zero-order chi connectivity index (χ0) is 14.4. The van der Waals surface area contributed by atoms with Gasteiger partial charge in [-0.1, -0.05) is 32.0 Å². The third kappa shape index (κ3) is 3.36. The molecule has 1 unspecified atom stereocenters. The monoisotopic (exact) mass is 266 g/mol. The minimum absolute atomic E-state index is 0.361. The molecule has 0 aliphatic heterocycles. The fourth-order valence-electron chi connectivity index (χ4n) is 1.95. The molecular weight excluding hydrogens is 248 g/mol. The van der Waals surface area contributed by atoms with E-state index < -0.39 is 0 Å². The number of aromatic nitrogens is 1. The summed E-state index contributed by atoms with van der Waals surface area (Å²) < 4.78 is 5.71. The molecule has 0 saturated carbocycles. The maximum Gasteiger partial charge on any atom is 0.147 e. The molecule has 1 atom stereocenters. The van der Waals surface area contributed by atoms with E-state index in [0.29, 0.717) is 18.2 Å². The van der Waals surface area contributed by atoms with Crippen LogP contribution in [0.25, 0.3) is 0 Å². The van der Waals surface area contributed by atoms with Gasteiger partial charge in [0.1, 0.15) is 24.1 Å². The molecule has 3 nitrogen and oxygen atoms in total. The Kier molecular flexibility index (Phi) is 4.73. The second kappa shape index (κ2) is 6.72. The minimum atomic E-state index is 0.361. The number of hydrogen-bond acceptors (Lipinski definition) is 3. The highest BCUT2D eigenvalue weighted by Gasteiger charge is 2.05. The summed E-state index contributed by atoms with van der Waals surface area (Å²) >= 11 is 0. The number of nitriles is 1. The van der Waals surface area contributed by atoms with Crippen molar-refractivity contribution < 1.29 is 4.74 Å². The van der Waals surface area contributed by atoms with Crippen LogP contribution >= 0.6 is 0 Å². The number of pyridine rings is 1. The number of rotatable bonds is 5. The Labute approximate surface area is 119 Å². The van der Waals surface area contributed by atoms with E-state index in [1.807, 2.05) is 24.3 Å². The largest absolute Gasteiger partial charge is 0.489 e. The van der Waals surface area contributed by atoms with Gasteiger partial charge >= 0.3 is 0 Å². The maximum absolute atomic E-state index is 8.97. The zero-order valence-electron chi connectivity index (χ0n) is 11.8. The van der Waals surface area contributed by atoms with E-state index in [0.717, 1.165) is 17.7 Å². The molecule has 3 heteroatoms.